The van der Waals surface area contributed by atoms with E-state index in [4.69, 9.17) is 4.74 Å². The van der Waals surface area contributed by atoms with Crippen LogP contribution < -0.4 is 15.4 Å². The highest BCUT2D eigenvalue weighted by atomic mass is 32.2. The van der Waals surface area contributed by atoms with Crippen molar-refractivity contribution in [3.63, 3.8) is 0 Å². The standard InChI is InChI=1S/C18H24N6O4S/c1-10(2)20-18(25)28-13-4-3-11(5-13)14-7-17(23-22-14)21-12-6-15-16(19-8-12)9-29(26,27)24-15/h6-8,10-11,13,24H,3-5,9H2,1-2H3,(H,20,25)(H2,21,22,23)/t11-,13?/m0/s1. The number of hydrogen-bond donors (Lipinski definition) is 4. The molecule has 1 unspecified atom stereocenters. The van der Waals surface area contributed by atoms with Gasteiger partial charge in [-0.05, 0) is 39.2 Å². The predicted molar refractivity (Wildman–Crippen MR) is 107 cm³/mol. The average Bonchev–Trinajstić information content (AvgIpc) is 3.31. The molecule has 1 aliphatic heterocycles. The Kier molecular flexibility index (Phi) is 5.07. The number of anilines is 3. The first-order valence-electron chi connectivity index (χ1n) is 9.56. The van der Waals surface area contributed by atoms with Crippen LogP contribution in [-0.4, -0.2) is 41.8 Å². The molecule has 0 radical (unpaired) electrons. The summed E-state index contributed by atoms with van der Waals surface area (Å²) >= 11 is 0. The molecule has 1 fully saturated rings. The molecule has 0 aromatic carbocycles. The van der Waals surface area contributed by atoms with Crippen molar-refractivity contribution in [2.45, 2.75) is 56.9 Å². The van der Waals surface area contributed by atoms with Crippen molar-refractivity contribution in [3.05, 3.63) is 29.7 Å². The smallest absolute Gasteiger partial charge is 0.407 e. The third-order valence-corrected chi connectivity index (χ3v) is 6.12. The van der Waals surface area contributed by atoms with Crippen LogP contribution in [-0.2, 0) is 20.5 Å². The number of aromatic nitrogens is 3. The number of pyridine rings is 1. The molecule has 10 nitrogen and oxygen atoms in total. The number of H-pyrrole nitrogens is 1. The number of rotatable bonds is 5. The van der Waals surface area contributed by atoms with Gasteiger partial charge in [0.15, 0.2) is 5.82 Å². The quantitative estimate of drug-likeness (QED) is 0.583. The number of fused-ring (bicyclic) bond motifs is 1. The van der Waals surface area contributed by atoms with Crippen molar-refractivity contribution >= 4 is 33.3 Å². The summed E-state index contributed by atoms with van der Waals surface area (Å²) in [5, 5.41) is 13.2. The van der Waals surface area contributed by atoms with Crippen LogP contribution in [0.4, 0.5) is 22.0 Å². The molecule has 0 saturated heterocycles. The Morgan fingerprint density at radius 1 is 1.31 bits per heavy atom. The molecular weight excluding hydrogens is 396 g/mol. The van der Waals surface area contributed by atoms with Gasteiger partial charge in [0, 0.05) is 23.7 Å². The molecule has 0 bridgehead atoms. The molecule has 0 spiro atoms. The van der Waals surface area contributed by atoms with Crippen molar-refractivity contribution in [2.24, 2.45) is 0 Å². The van der Waals surface area contributed by atoms with E-state index in [2.05, 4.69) is 30.5 Å². The lowest BCUT2D eigenvalue weighted by molar-refractivity contribution is 0.0981. The fraction of sp³-hybridized carbons (Fsp3) is 0.500. The van der Waals surface area contributed by atoms with E-state index in [0.717, 1.165) is 25.0 Å². The molecule has 11 heteroatoms. The van der Waals surface area contributed by atoms with Crippen LogP contribution in [0.15, 0.2) is 18.3 Å². The van der Waals surface area contributed by atoms with E-state index in [1.165, 1.54) is 0 Å². The summed E-state index contributed by atoms with van der Waals surface area (Å²) in [5.74, 6) is 0.749. The number of carbonyl (C=O) groups is 1. The van der Waals surface area contributed by atoms with E-state index in [1.807, 2.05) is 19.9 Å². The molecule has 2 atom stereocenters. The summed E-state index contributed by atoms with van der Waals surface area (Å²) in [6.45, 7) is 3.78. The van der Waals surface area contributed by atoms with Gasteiger partial charge in [0.2, 0.25) is 10.0 Å². The largest absolute Gasteiger partial charge is 0.446 e. The minimum absolute atomic E-state index is 0.0463. The van der Waals surface area contributed by atoms with Crippen molar-refractivity contribution in [1.29, 1.82) is 0 Å². The van der Waals surface area contributed by atoms with Crippen LogP contribution in [0, 0.1) is 0 Å². The number of ether oxygens (including phenoxy) is 1. The van der Waals surface area contributed by atoms with Crippen LogP contribution >= 0.6 is 0 Å². The Hall–Kier alpha value is -2.82. The minimum atomic E-state index is -3.33. The third-order valence-electron chi connectivity index (χ3n) is 4.94. The minimum Gasteiger partial charge on any atom is -0.446 e. The first kappa shape index (κ1) is 19.5. The second-order valence-corrected chi connectivity index (χ2v) is 9.47. The number of hydrogen-bond acceptors (Lipinski definition) is 7. The van der Waals surface area contributed by atoms with Crippen LogP contribution in [0.5, 0.6) is 0 Å². The van der Waals surface area contributed by atoms with Crippen molar-refractivity contribution in [1.82, 2.24) is 20.5 Å². The zero-order chi connectivity index (χ0) is 20.6. The summed E-state index contributed by atoms with van der Waals surface area (Å²) in [6, 6.07) is 3.66. The zero-order valence-electron chi connectivity index (χ0n) is 16.2. The molecule has 1 saturated carbocycles. The molecule has 1 amide bonds. The number of aromatic amines is 1. The first-order chi connectivity index (χ1) is 13.8. The normalized spacial score (nSPS) is 22.2. The van der Waals surface area contributed by atoms with Gasteiger partial charge in [-0.25, -0.2) is 13.2 Å². The van der Waals surface area contributed by atoms with Gasteiger partial charge in [-0.1, -0.05) is 0 Å². The van der Waals surface area contributed by atoms with Gasteiger partial charge in [-0.3, -0.25) is 14.8 Å². The van der Waals surface area contributed by atoms with Crippen molar-refractivity contribution in [2.75, 3.05) is 10.0 Å². The molecule has 1 aliphatic carbocycles. The van der Waals surface area contributed by atoms with Gasteiger partial charge < -0.3 is 15.4 Å². The summed E-state index contributed by atoms with van der Waals surface area (Å²) in [7, 11) is -3.33. The number of carbonyl (C=O) groups excluding carboxylic acids is 1. The molecule has 29 heavy (non-hydrogen) atoms. The highest BCUT2D eigenvalue weighted by Crippen LogP contribution is 2.36. The maximum atomic E-state index is 11.8. The van der Waals surface area contributed by atoms with E-state index in [0.29, 0.717) is 22.9 Å². The zero-order valence-corrected chi connectivity index (χ0v) is 17.0. The molecule has 2 aromatic rings. The Morgan fingerprint density at radius 2 is 2.14 bits per heavy atom. The van der Waals surface area contributed by atoms with Crippen LogP contribution in [0.1, 0.15) is 50.4 Å². The molecule has 2 aromatic heterocycles. The second kappa shape index (κ2) is 7.54. The Morgan fingerprint density at radius 3 is 2.93 bits per heavy atom. The molecule has 2 aliphatic rings. The number of nitrogens with zero attached hydrogens (tertiary/aromatic N) is 2. The number of sulfonamides is 1. The SMILES string of the molecule is CC(C)NC(=O)OC1CC[C@H](c2cc(Nc3cnc4c(c3)NS(=O)(=O)C4)n[nH]2)C1. The van der Waals surface area contributed by atoms with Gasteiger partial charge >= 0.3 is 6.09 Å². The highest BCUT2D eigenvalue weighted by Gasteiger charge is 2.30. The summed E-state index contributed by atoms with van der Waals surface area (Å²) in [4.78, 5) is 16.0. The second-order valence-electron chi connectivity index (χ2n) is 7.75. The lowest BCUT2D eigenvalue weighted by atomic mass is 10.0. The average molecular weight is 420 g/mol. The molecule has 4 N–H and O–H groups in total. The van der Waals surface area contributed by atoms with Crippen LogP contribution in [0.25, 0.3) is 0 Å². The highest BCUT2D eigenvalue weighted by molar-refractivity contribution is 7.92. The van der Waals surface area contributed by atoms with Gasteiger partial charge in [0.05, 0.1) is 23.3 Å². The van der Waals surface area contributed by atoms with Crippen LogP contribution in [0.3, 0.4) is 0 Å². The van der Waals surface area contributed by atoms with Crippen LogP contribution in [0.2, 0.25) is 0 Å². The summed E-state index contributed by atoms with van der Waals surface area (Å²) in [6.07, 6.45) is 3.57. The van der Waals surface area contributed by atoms with E-state index >= 15 is 0 Å². The van der Waals surface area contributed by atoms with Gasteiger partial charge in [0.25, 0.3) is 0 Å². The van der Waals surface area contributed by atoms with E-state index < -0.39 is 10.0 Å². The van der Waals surface area contributed by atoms with Gasteiger partial charge in [-0.2, -0.15) is 5.10 Å². The lowest BCUT2D eigenvalue weighted by Gasteiger charge is -2.14. The third kappa shape index (κ3) is 4.61. The van der Waals surface area contributed by atoms with Crippen molar-refractivity contribution < 1.29 is 17.9 Å². The number of nitrogens with one attached hydrogen (secondary N) is 4. The summed E-state index contributed by atoms with van der Waals surface area (Å²) in [5.41, 5.74) is 2.61. The fourth-order valence-electron chi connectivity index (χ4n) is 3.66. The molecular formula is C18H24N6O4S. The Balaban J connectivity index is 1.36. The first-order valence-corrected chi connectivity index (χ1v) is 11.2. The van der Waals surface area contributed by atoms with E-state index in [-0.39, 0.29) is 29.9 Å². The van der Waals surface area contributed by atoms with E-state index in [9.17, 15) is 13.2 Å². The fourth-order valence-corrected chi connectivity index (χ4v) is 4.83. The topological polar surface area (TPSA) is 138 Å². The molecule has 4 rings (SSSR count). The molecule has 156 valence electrons. The van der Waals surface area contributed by atoms with Gasteiger partial charge in [-0.15, -0.1) is 0 Å². The lowest BCUT2D eigenvalue weighted by Crippen LogP contribution is -2.33. The maximum absolute atomic E-state index is 11.8. The number of amides is 1. The summed E-state index contributed by atoms with van der Waals surface area (Å²) < 4.78 is 31.2. The number of alkyl carbamates (subject to hydrolysis) is 1. The molecule has 3 heterocycles. The van der Waals surface area contributed by atoms with E-state index in [1.54, 1.807) is 12.3 Å². The van der Waals surface area contributed by atoms with Gasteiger partial charge in [0.1, 0.15) is 11.9 Å². The monoisotopic (exact) mass is 420 g/mol. The predicted octanol–water partition coefficient (Wildman–Crippen LogP) is 2.57. The Bertz CT molecular complexity index is 1020. The maximum Gasteiger partial charge on any atom is 0.407 e. The van der Waals surface area contributed by atoms with Crippen molar-refractivity contribution in [3.8, 4) is 0 Å². The Labute approximate surface area is 168 Å².